The van der Waals surface area contributed by atoms with Crippen molar-refractivity contribution in [2.24, 2.45) is 10.9 Å². The fraction of sp³-hybridized carbons (Fsp3) is 0.917. The highest BCUT2D eigenvalue weighted by molar-refractivity contribution is 7.89. The molecule has 0 radical (unpaired) electrons. The molecule has 1 aliphatic rings. The van der Waals surface area contributed by atoms with Crippen molar-refractivity contribution in [3.63, 3.8) is 0 Å². The molecule has 0 aliphatic heterocycles. The van der Waals surface area contributed by atoms with E-state index in [2.05, 4.69) is 15.6 Å². The van der Waals surface area contributed by atoms with E-state index in [9.17, 15) is 8.42 Å². The monoisotopic (exact) mass is 290 g/mol. The van der Waals surface area contributed by atoms with Crippen LogP contribution in [0, 0.1) is 5.92 Å². The van der Waals surface area contributed by atoms with Crippen LogP contribution < -0.4 is 10.6 Å². The standard InChI is InChI=1S/C12H26N4O2S/c1-4-19(17,18)16(3)9-5-8-14-12(13-2)15-10-11-6-7-11/h11H,4-10H2,1-3H3,(H2,13,14,15). The van der Waals surface area contributed by atoms with Gasteiger partial charge in [-0.05, 0) is 32.1 Å². The summed E-state index contributed by atoms with van der Waals surface area (Å²) in [4.78, 5) is 4.13. The highest BCUT2D eigenvalue weighted by Crippen LogP contribution is 2.27. The summed E-state index contributed by atoms with van der Waals surface area (Å²) in [5.41, 5.74) is 0. The minimum Gasteiger partial charge on any atom is -0.356 e. The molecule has 7 heteroatoms. The molecule has 0 aromatic heterocycles. The molecular formula is C12H26N4O2S. The molecule has 0 unspecified atom stereocenters. The summed E-state index contributed by atoms with van der Waals surface area (Å²) < 4.78 is 24.5. The molecule has 0 heterocycles. The van der Waals surface area contributed by atoms with Gasteiger partial charge in [0.15, 0.2) is 5.96 Å². The second-order valence-corrected chi connectivity index (χ2v) is 7.26. The van der Waals surface area contributed by atoms with Gasteiger partial charge in [-0.25, -0.2) is 12.7 Å². The lowest BCUT2D eigenvalue weighted by Crippen LogP contribution is -2.39. The van der Waals surface area contributed by atoms with Crippen molar-refractivity contribution in [3.05, 3.63) is 0 Å². The number of nitrogens with zero attached hydrogens (tertiary/aromatic N) is 2. The molecule has 0 aromatic rings. The molecule has 6 nitrogen and oxygen atoms in total. The molecule has 2 N–H and O–H groups in total. The summed E-state index contributed by atoms with van der Waals surface area (Å²) in [6.07, 6.45) is 3.38. The summed E-state index contributed by atoms with van der Waals surface area (Å²) in [5, 5.41) is 6.46. The first-order valence-corrected chi connectivity index (χ1v) is 8.49. The number of guanidine groups is 1. The molecule has 1 saturated carbocycles. The molecule has 0 amide bonds. The molecular weight excluding hydrogens is 264 g/mol. The van der Waals surface area contributed by atoms with E-state index in [4.69, 9.17) is 0 Å². The normalized spacial score (nSPS) is 16.7. The quantitative estimate of drug-likeness (QED) is 0.381. The third-order valence-electron chi connectivity index (χ3n) is 3.26. The van der Waals surface area contributed by atoms with Gasteiger partial charge in [0.25, 0.3) is 0 Å². The number of hydrogen-bond acceptors (Lipinski definition) is 3. The topological polar surface area (TPSA) is 73.8 Å². The van der Waals surface area contributed by atoms with Gasteiger partial charge in [-0.3, -0.25) is 4.99 Å². The van der Waals surface area contributed by atoms with Crippen LogP contribution in [0.3, 0.4) is 0 Å². The molecule has 1 fully saturated rings. The molecule has 1 rings (SSSR count). The van der Waals surface area contributed by atoms with Crippen LogP contribution in [0.4, 0.5) is 0 Å². The van der Waals surface area contributed by atoms with E-state index >= 15 is 0 Å². The zero-order chi connectivity index (χ0) is 14.3. The number of rotatable bonds is 8. The van der Waals surface area contributed by atoms with Crippen LogP contribution in [0.25, 0.3) is 0 Å². The van der Waals surface area contributed by atoms with Gasteiger partial charge >= 0.3 is 0 Å². The van der Waals surface area contributed by atoms with Crippen LogP contribution in [0.2, 0.25) is 0 Å². The Labute approximate surface area is 116 Å². The van der Waals surface area contributed by atoms with Gasteiger partial charge in [0, 0.05) is 33.7 Å². The number of aliphatic imine (C=N–C) groups is 1. The van der Waals surface area contributed by atoms with Crippen LogP contribution in [0.5, 0.6) is 0 Å². The Bertz CT molecular complexity index is 391. The Kier molecular flexibility index (Phi) is 6.57. The second-order valence-electron chi connectivity index (χ2n) is 4.90. The maximum Gasteiger partial charge on any atom is 0.213 e. The SMILES string of the molecule is CCS(=O)(=O)N(C)CCCNC(=NC)NCC1CC1. The Morgan fingerprint density at radius 2 is 2.05 bits per heavy atom. The van der Waals surface area contributed by atoms with Gasteiger partial charge < -0.3 is 10.6 Å². The van der Waals surface area contributed by atoms with Gasteiger partial charge in [-0.1, -0.05) is 0 Å². The Morgan fingerprint density at radius 3 is 2.58 bits per heavy atom. The zero-order valence-corrected chi connectivity index (χ0v) is 13.0. The van der Waals surface area contributed by atoms with Gasteiger partial charge in [0.2, 0.25) is 10.0 Å². The van der Waals surface area contributed by atoms with E-state index in [0.29, 0.717) is 13.1 Å². The molecule has 112 valence electrons. The number of nitrogens with one attached hydrogen (secondary N) is 2. The van der Waals surface area contributed by atoms with Gasteiger partial charge in [0.05, 0.1) is 5.75 Å². The van der Waals surface area contributed by atoms with Gasteiger partial charge in [-0.2, -0.15) is 0 Å². The predicted molar refractivity (Wildman–Crippen MR) is 78.8 cm³/mol. The third kappa shape index (κ3) is 6.24. The van der Waals surface area contributed by atoms with Crippen molar-refractivity contribution < 1.29 is 8.42 Å². The number of hydrogen-bond donors (Lipinski definition) is 2. The average molecular weight is 290 g/mol. The summed E-state index contributed by atoms with van der Waals surface area (Å²) in [5.74, 6) is 1.76. The molecule has 0 aromatic carbocycles. The summed E-state index contributed by atoms with van der Waals surface area (Å²) in [7, 11) is 0.312. The van der Waals surface area contributed by atoms with E-state index in [1.807, 2.05) is 0 Å². The summed E-state index contributed by atoms with van der Waals surface area (Å²) in [6, 6.07) is 0. The van der Waals surface area contributed by atoms with E-state index in [1.54, 1.807) is 21.0 Å². The predicted octanol–water partition coefficient (Wildman–Crippen LogP) is 0.233. The fourth-order valence-electron chi connectivity index (χ4n) is 1.65. The maximum atomic E-state index is 11.5. The zero-order valence-electron chi connectivity index (χ0n) is 12.1. The minimum atomic E-state index is -3.06. The van der Waals surface area contributed by atoms with E-state index in [-0.39, 0.29) is 5.75 Å². The molecule has 0 atom stereocenters. The first-order chi connectivity index (χ1) is 8.99. The lowest BCUT2D eigenvalue weighted by Gasteiger charge is -2.16. The summed E-state index contributed by atoms with van der Waals surface area (Å²) in [6.45, 7) is 3.88. The lowest BCUT2D eigenvalue weighted by atomic mass is 10.4. The lowest BCUT2D eigenvalue weighted by molar-refractivity contribution is 0.461. The smallest absolute Gasteiger partial charge is 0.213 e. The van der Waals surface area contributed by atoms with Crippen molar-refractivity contribution in [2.45, 2.75) is 26.2 Å². The summed E-state index contributed by atoms with van der Waals surface area (Å²) >= 11 is 0. The van der Waals surface area contributed by atoms with Crippen molar-refractivity contribution >= 4 is 16.0 Å². The first-order valence-electron chi connectivity index (χ1n) is 6.88. The Hall–Kier alpha value is -0.820. The number of sulfonamides is 1. The van der Waals surface area contributed by atoms with E-state index < -0.39 is 10.0 Å². The van der Waals surface area contributed by atoms with Crippen LogP contribution in [-0.4, -0.2) is 58.2 Å². The molecule has 1 aliphatic carbocycles. The first kappa shape index (κ1) is 16.2. The third-order valence-corrected chi connectivity index (χ3v) is 5.12. The van der Waals surface area contributed by atoms with Crippen molar-refractivity contribution in [2.75, 3.05) is 39.5 Å². The van der Waals surface area contributed by atoms with Crippen molar-refractivity contribution in [1.29, 1.82) is 0 Å². The van der Waals surface area contributed by atoms with E-state index in [1.165, 1.54) is 17.1 Å². The highest BCUT2D eigenvalue weighted by Gasteiger charge is 2.21. The van der Waals surface area contributed by atoms with Crippen LogP contribution in [0.15, 0.2) is 4.99 Å². The van der Waals surface area contributed by atoms with E-state index in [0.717, 1.165) is 24.8 Å². The largest absolute Gasteiger partial charge is 0.356 e. The Balaban J connectivity index is 2.14. The highest BCUT2D eigenvalue weighted by atomic mass is 32.2. The average Bonchev–Trinajstić information content (AvgIpc) is 3.21. The van der Waals surface area contributed by atoms with Crippen LogP contribution in [-0.2, 0) is 10.0 Å². The van der Waals surface area contributed by atoms with Gasteiger partial charge in [0.1, 0.15) is 0 Å². The maximum absolute atomic E-state index is 11.5. The van der Waals surface area contributed by atoms with Crippen molar-refractivity contribution in [1.82, 2.24) is 14.9 Å². The van der Waals surface area contributed by atoms with Gasteiger partial charge in [-0.15, -0.1) is 0 Å². The molecule has 0 bridgehead atoms. The molecule has 0 saturated heterocycles. The molecule has 0 spiro atoms. The van der Waals surface area contributed by atoms with Crippen molar-refractivity contribution in [3.8, 4) is 0 Å². The Morgan fingerprint density at radius 1 is 1.37 bits per heavy atom. The fourth-order valence-corrected chi connectivity index (χ4v) is 2.50. The van der Waals surface area contributed by atoms with Crippen LogP contribution in [0.1, 0.15) is 26.2 Å². The molecule has 19 heavy (non-hydrogen) atoms. The van der Waals surface area contributed by atoms with Crippen LogP contribution >= 0.6 is 0 Å². The second kappa shape index (κ2) is 7.69. The minimum absolute atomic E-state index is 0.154.